The molecule has 0 spiro atoms. The van der Waals surface area contributed by atoms with Crippen LogP contribution in [0.25, 0.3) is 0 Å². The fourth-order valence-corrected chi connectivity index (χ4v) is 3.79. The Labute approximate surface area is 131 Å². The van der Waals surface area contributed by atoms with Crippen LogP contribution in [-0.4, -0.2) is 7.05 Å². The summed E-state index contributed by atoms with van der Waals surface area (Å²) in [5.41, 5.74) is 3.85. The zero-order valence-corrected chi connectivity index (χ0v) is 13.9. The molecule has 1 N–H and O–H groups in total. The van der Waals surface area contributed by atoms with Gasteiger partial charge in [0.25, 0.3) is 0 Å². The Bertz CT molecular complexity index is 545. The van der Waals surface area contributed by atoms with Gasteiger partial charge in [0.1, 0.15) is 0 Å². The molecule has 1 heterocycles. The number of aryl methyl sites for hydroxylation is 2. The first-order valence-corrected chi connectivity index (χ1v) is 8.42. The molecule has 0 saturated carbocycles. The van der Waals surface area contributed by atoms with Gasteiger partial charge >= 0.3 is 0 Å². The fourth-order valence-electron chi connectivity index (χ4n) is 2.35. The van der Waals surface area contributed by atoms with Crippen molar-refractivity contribution in [2.45, 2.75) is 39.2 Å². The Morgan fingerprint density at radius 1 is 1.25 bits per heavy atom. The average Bonchev–Trinajstić information content (AvgIpc) is 2.80. The van der Waals surface area contributed by atoms with Gasteiger partial charge in [0, 0.05) is 4.88 Å². The summed E-state index contributed by atoms with van der Waals surface area (Å²) in [6, 6.07) is 9.10. The van der Waals surface area contributed by atoms with Crippen LogP contribution in [0.15, 0.2) is 29.6 Å². The molecule has 0 amide bonds. The van der Waals surface area contributed by atoms with Crippen LogP contribution in [0.4, 0.5) is 0 Å². The minimum absolute atomic E-state index is 0.182. The van der Waals surface area contributed by atoms with Crippen LogP contribution in [0.5, 0.6) is 0 Å². The molecule has 2 aromatic rings. The van der Waals surface area contributed by atoms with Crippen molar-refractivity contribution in [2.24, 2.45) is 0 Å². The highest BCUT2D eigenvalue weighted by Crippen LogP contribution is 2.35. The van der Waals surface area contributed by atoms with Gasteiger partial charge in [-0.15, -0.1) is 11.3 Å². The third kappa shape index (κ3) is 3.43. The molecule has 0 aliphatic carbocycles. The Hall–Kier alpha value is -0.830. The Balaban J connectivity index is 2.21. The number of hydrogen-bond donors (Lipinski definition) is 1. The lowest BCUT2D eigenvalue weighted by molar-refractivity contribution is 0.702. The molecule has 0 saturated heterocycles. The maximum absolute atomic E-state index is 6.40. The van der Waals surface area contributed by atoms with E-state index in [4.69, 9.17) is 11.6 Å². The lowest BCUT2D eigenvalue weighted by Crippen LogP contribution is -2.16. The van der Waals surface area contributed by atoms with E-state index >= 15 is 0 Å². The third-order valence-electron chi connectivity index (χ3n) is 3.61. The Kier molecular flexibility index (Phi) is 5.64. The van der Waals surface area contributed by atoms with Crippen LogP contribution in [0, 0.1) is 6.92 Å². The zero-order chi connectivity index (χ0) is 14.5. The molecule has 1 aromatic heterocycles. The van der Waals surface area contributed by atoms with Crippen molar-refractivity contribution >= 4 is 22.9 Å². The standard InChI is InChI=1S/C17H22ClNS/c1-4-5-6-13-7-9-14(10-8-13)16(19-3)17-15(18)12(2)11-20-17/h7-11,16,19H,4-6H2,1-3H3. The van der Waals surface area contributed by atoms with E-state index in [-0.39, 0.29) is 6.04 Å². The number of rotatable bonds is 6. The first-order chi connectivity index (χ1) is 9.67. The normalized spacial score (nSPS) is 12.6. The summed E-state index contributed by atoms with van der Waals surface area (Å²) in [6.45, 7) is 4.29. The molecule has 2 rings (SSSR count). The second kappa shape index (κ2) is 7.26. The Morgan fingerprint density at radius 2 is 1.95 bits per heavy atom. The smallest absolute Gasteiger partial charge is 0.0683 e. The van der Waals surface area contributed by atoms with Gasteiger partial charge in [-0.05, 0) is 48.9 Å². The van der Waals surface area contributed by atoms with Crippen molar-refractivity contribution < 1.29 is 0 Å². The fraction of sp³-hybridized carbons (Fsp3) is 0.412. The lowest BCUT2D eigenvalue weighted by atomic mass is 10.0. The van der Waals surface area contributed by atoms with Gasteiger partial charge in [-0.2, -0.15) is 0 Å². The topological polar surface area (TPSA) is 12.0 Å². The van der Waals surface area contributed by atoms with Crippen molar-refractivity contribution in [1.29, 1.82) is 0 Å². The minimum atomic E-state index is 0.182. The predicted molar refractivity (Wildman–Crippen MR) is 90.0 cm³/mol. The van der Waals surface area contributed by atoms with E-state index in [1.54, 1.807) is 11.3 Å². The maximum Gasteiger partial charge on any atom is 0.0683 e. The summed E-state index contributed by atoms with van der Waals surface area (Å²) in [4.78, 5) is 1.20. The number of unbranched alkanes of at least 4 members (excludes halogenated alkanes) is 1. The van der Waals surface area contributed by atoms with Crippen LogP contribution >= 0.6 is 22.9 Å². The summed E-state index contributed by atoms with van der Waals surface area (Å²) < 4.78 is 0. The maximum atomic E-state index is 6.40. The average molecular weight is 308 g/mol. The number of halogens is 1. The monoisotopic (exact) mass is 307 g/mol. The van der Waals surface area contributed by atoms with Crippen molar-refractivity contribution in [2.75, 3.05) is 7.05 Å². The van der Waals surface area contributed by atoms with Crippen LogP contribution in [0.2, 0.25) is 5.02 Å². The number of nitrogens with one attached hydrogen (secondary N) is 1. The molecule has 0 bridgehead atoms. The van der Waals surface area contributed by atoms with E-state index in [1.807, 2.05) is 7.05 Å². The minimum Gasteiger partial charge on any atom is -0.309 e. The summed E-state index contributed by atoms with van der Waals surface area (Å²) in [6.07, 6.45) is 3.66. The second-order valence-corrected chi connectivity index (χ2v) is 6.45. The third-order valence-corrected chi connectivity index (χ3v) is 5.39. The lowest BCUT2D eigenvalue weighted by Gasteiger charge is -2.16. The molecular weight excluding hydrogens is 286 g/mol. The summed E-state index contributed by atoms with van der Waals surface area (Å²) in [7, 11) is 1.99. The molecular formula is C17H22ClNS. The van der Waals surface area contributed by atoms with Crippen LogP contribution in [0.1, 0.15) is 47.4 Å². The van der Waals surface area contributed by atoms with Gasteiger partial charge < -0.3 is 5.32 Å². The number of benzene rings is 1. The van der Waals surface area contributed by atoms with Crippen LogP contribution in [-0.2, 0) is 6.42 Å². The van der Waals surface area contributed by atoms with E-state index in [1.165, 1.54) is 35.3 Å². The van der Waals surface area contributed by atoms with Crippen molar-refractivity contribution in [3.05, 3.63) is 56.2 Å². The number of thiophene rings is 1. The molecule has 0 aliphatic rings. The van der Waals surface area contributed by atoms with Crippen LogP contribution in [0.3, 0.4) is 0 Å². The first-order valence-electron chi connectivity index (χ1n) is 7.17. The van der Waals surface area contributed by atoms with Crippen molar-refractivity contribution in [3.8, 4) is 0 Å². The molecule has 0 radical (unpaired) electrons. The highest BCUT2D eigenvalue weighted by molar-refractivity contribution is 7.10. The Morgan fingerprint density at radius 3 is 2.45 bits per heavy atom. The second-order valence-electron chi connectivity index (χ2n) is 5.16. The highest BCUT2D eigenvalue weighted by atomic mass is 35.5. The van der Waals surface area contributed by atoms with E-state index in [0.717, 1.165) is 10.6 Å². The van der Waals surface area contributed by atoms with E-state index in [2.05, 4.69) is 48.8 Å². The van der Waals surface area contributed by atoms with Gasteiger partial charge in [0.05, 0.1) is 11.1 Å². The molecule has 0 aliphatic heterocycles. The van der Waals surface area contributed by atoms with Gasteiger partial charge in [-0.1, -0.05) is 49.2 Å². The van der Waals surface area contributed by atoms with E-state index < -0.39 is 0 Å². The van der Waals surface area contributed by atoms with Gasteiger partial charge in [-0.3, -0.25) is 0 Å². The first kappa shape index (κ1) is 15.6. The molecule has 1 unspecified atom stereocenters. The SMILES string of the molecule is CCCCc1ccc(C(NC)c2scc(C)c2Cl)cc1. The molecule has 1 nitrogen and oxygen atoms in total. The van der Waals surface area contributed by atoms with E-state index in [9.17, 15) is 0 Å². The zero-order valence-electron chi connectivity index (χ0n) is 12.4. The molecule has 1 aromatic carbocycles. The quantitative estimate of drug-likeness (QED) is 0.757. The molecule has 20 heavy (non-hydrogen) atoms. The molecule has 108 valence electrons. The van der Waals surface area contributed by atoms with Crippen molar-refractivity contribution in [3.63, 3.8) is 0 Å². The summed E-state index contributed by atoms with van der Waals surface area (Å²) in [5, 5.41) is 6.39. The van der Waals surface area contributed by atoms with Gasteiger partial charge in [-0.25, -0.2) is 0 Å². The predicted octanol–water partition coefficient (Wildman–Crippen LogP) is 5.36. The summed E-state index contributed by atoms with van der Waals surface area (Å²) >= 11 is 8.13. The van der Waals surface area contributed by atoms with Crippen LogP contribution < -0.4 is 5.32 Å². The largest absolute Gasteiger partial charge is 0.309 e. The van der Waals surface area contributed by atoms with Crippen molar-refractivity contribution in [1.82, 2.24) is 5.32 Å². The van der Waals surface area contributed by atoms with Gasteiger partial charge in [0.15, 0.2) is 0 Å². The number of hydrogen-bond acceptors (Lipinski definition) is 2. The summed E-state index contributed by atoms with van der Waals surface area (Å²) in [5.74, 6) is 0. The van der Waals surface area contributed by atoms with Gasteiger partial charge in [0.2, 0.25) is 0 Å². The molecule has 1 atom stereocenters. The molecule has 0 fully saturated rings. The molecule has 3 heteroatoms. The van der Waals surface area contributed by atoms with E-state index in [0.29, 0.717) is 0 Å². The highest BCUT2D eigenvalue weighted by Gasteiger charge is 2.18.